The van der Waals surface area contributed by atoms with Crippen LogP contribution < -0.4 is 5.73 Å². The summed E-state index contributed by atoms with van der Waals surface area (Å²) in [6.07, 6.45) is 50.0. The van der Waals surface area contributed by atoms with Crippen molar-refractivity contribution in [3.63, 3.8) is 0 Å². The van der Waals surface area contributed by atoms with Crippen LogP contribution in [0.1, 0.15) is 194 Å². The van der Waals surface area contributed by atoms with E-state index >= 15 is 0 Å². The van der Waals surface area contributed by atoms with Gasteiger partial charge in [0.2, 0.25) is 0 Å². The van der Waals surface area contributed by atoms with E-state index in [2.05, 4.69) is 67.0 Å². The SMILES string of the molecule is CCCCC/C=C/C/C=C/CCCCCCCCCCCC(=O)OC[C@H](COP(=O)(O)OC[C@H](N)C(=O)O)OC(=O)CCC/C=C/C/C=C/C/C=C/CCCCCCCC. The Morgan fingerprint density at radius 1 is 0.517 bits per heavy atom. The Balaban J connectivity index is 4.40. The number of aliphatic carboxylic acids is 1. The van der Waals surface area contributed by atoms with E-state index in [9.17, 15) is 23.8 Å². The quantitative estimate of drug-likeness (QED) is 0.0230. The van der Waals surface area contributed by atoms with Gasteiger partial charge in [-0.1, -0.05) is 164 Å². The number of nitrogens with two attached hydrogens (primary N) is 1. The van der Waals surface area contributed by atoms with E-state index < -0.39 is 51.1 Å². The van der Waals surface area contributed by atoms with Crippen molar-refractivity contribution in [2.45, 2.75) is 206 Å². The number of carboxylic acid groups (broad SMARTS) is 1. The summed E-state index contributed by atoms with van der Waals surface area (Å²) >= 11 is 0. The van der Waals surface area contributed by atoms with Gasteiger partial charge in [-0.15, -0.1) is 0 Å². The van der Waals surface area contributed by atoms with Gasteiger partial charge in [0.15, 0.2) is 6.10 Å². The number of hydrogen-bond acceptors (Lipinski definition) is 9. The molecule has 11 nitrogen and oxygen atoms in total. The number of carboxylic acids is 1. The molecule has 0 aromatic rings. The maximum absolute atomic E-state index is 12.6. The van der Waals surface area contributed by atoms with E-state index in [0.717, 1.165) is 51.4 Å². The van der Waals surface area contributed by atoms with Gasteiger partial charge in [0.25, 0.3) is 0 Å². The Hall–Kier alpha value is -2.82. The maximum atomic E-state index is 12.6. The monoisotopic (exact) mass is 866 g/mol. The molecule has 0 aliphatic heterocycles. The third kappa shape index (κ3) is 41.9. The molecule has 0 aromatic heterocycles. The lowest BCUT2D eigenvalue weighted by Gasteiger charge is -2.20. The van der Waals surface area contributed by atoms with Crippen LogP contribution in [-0.2, 0) is 37.5 Å². The molecule has 0 heterocycles. The summed E-state index contributed by atoms with van der Waals surface area (Å²) in [6.45, 7) is 2.72. The summed E-state index contributed by atoms with van der Waals surface area (Å²) in [6, 6.07) is -1.53. The van der Waals surface area contributed by atoms with Gasteiger partial charge < -0.3 is 25.2 Å². The van der Waals surface area contributed by atoms with Gasteiger partial charge in [0.1, 0.15) is 12.6 Å². The lowest BCUT2D eigenvalue weighted by Crippen LogP contribution is -2.34. The van der Waals surface area contributed by atoms with Gasteiger partial charge >= 0.3 is 25.7 Å². The molecule has 0 rings (SSSR count). The number of esters is 2. The summed E-state index contributed by atoms with van der Waals surface area (Å²) < 4.78 is 32.7. The molecule has 0 saturated carbocycles. The topological polar surface area (TPSA) is 172 Å². The fourth-order valence-electron chi connectivity index (χ4n) is 6.05. The first-order valence-electron chi connectivity index (χ1n) is 23.3. The number of allylic oxidation sites excluding steroid dienone is 10. The van der Waals surface area contributed by atoms with E-state index in [1.165, 1.54) is 96.3 Å². The molecule has 346 valence electrons. The minimum atomic E-state index is -4.73. The van der Waals surface area contributed by atoms with Crippen LogP contribution in [0, 0.1) is 0 Å². The van der Waals surface area contributed by atoms with Crippen molar-refractivity contribution in [2.75, 3.05) is 19.8 Å². The van der Waals surface area contributed by atoms with E-state index in [-0.39, 0.29) is 19.4 Å². The van der Waals surface area contributed by atoms with E-state index in [4.69, 9.17) is 24.8 Å². The lowest BCUT2D eigenvalue weighted by atomic mass is 10.1. The van der Waals surface area contributed by atoms with Crippen LogP contribution >= 0.6 is 7.82 Å². The van der Waals surface area contributed by atoms with Crippen LogP contribution in [0.15, 0.2) is 60.8 Å². The summed E-state index contributed by atoms with van der Waals surface area (Å²) in [7, 11) is -4.73. The largest absolute Gasteiger partial charge is 0.480 e. The number of carbonyl (C=O) groups excluding carboxylic acids is 2. The second-order valence-corrected chi connectivity index (χ2v) is 17.0. The third-order valence-corrected chi connectivity index (χ3v) is 10.7. The van der Waals surface area contributed by atoms with Gasteiger partial charge in [-0.05, 0) is 77.0 Å². The van der Waals surface area contributed by atoms with Gasteiger partial charge in [-0.25, -0.2) is 4.57 Å². The highest BCUT2D eigenvalue weighted by Gasteiger charge is 2.28. The second-order valence-electron chi connectivity index (χ2n) is 15.5. The van der Waals surface area contributed by atoms with Crippen molar-refractivity contribution in [1.29, 1.82) is 0 Å². The molecule has 0 radical (unpaired) electrons. The number of rotatable bonds is 43. The fourth-order valence-corrected chi connectivity index (χ4v) is 6.83. The molecule has 0 aromatic carbocycles. The van der Waals surface area contributed by atoms with Crippen LogP contribution in [0.25, 0.3) is 0 Å². The van der Waals surface area contributed by atoms with E-state index in [1.54, 1.807) is 0 Å². The molecule has 0 aliphatic rings. The van der Waals surface area contributed by atoms with Crippen molar-refractivity contribution in [1.82, 2.24) is 0 Å². The predicted molar refractivity (Wildman–Crippen MR) is 245 cm³/mol. The molecule has 0 bridgehead atoms. The highest BCUT2D eigenvalue weighted by molar-refractivity contribution is 7.47. The first-order chi connectivity index (χ1) is 29.1. The first-order valence-corrected chi connectivity index (χ1v) is 24.8. The normalized spacial score (nSPS) is 14.2. The Morgan fingerprint density at radius 2 is 0.900 bits per heavy atom. The van der Waals surface area contributed by atoms with E-state index in [0.29, 0.717) is 19.3 Å². The van der Waals surface area contributed by atoms with Gasteiger partial charge in [-0.2, -0.15) is 0 Å². The van der Waals surface area contributed by atoms with Gasteiger partial charge in [-0.3, -0.25) is 23.4 Å². The molecule has 0 spiro atoms. The minimum absolute atomic E-state index is 0.0868. The van der Waals surface area contributed by atoms with E-state index in [1.807, 2.05) is 12.2 Å². The number of unbranched alkanes of at least 4 members (excludes halogenated alkanes) is 19. The molecule has 60 heavy (non-hydrogen) atoms. The predicted octanol–water partition coefficient (Wildman–Crippen LogP) is 12.7. The van der Waals surface area contributed by atoms with Crippen LogP contribution in [0.5, 0.6) is 0 Å². The standard InChI is InChI=1S/C48H84NO10P/c1-3-5-7-9-11-13-15-17-19-21-22-24-25-27-29-31-33-35-37-39-46(50)56-41-44(42-57-60(54,55)58-43-45(49)48(52)53)59-47(51)40-38-36-34-32-30-28-26-23-20-18-16-14-12-10-8-6-4-2/h11,13,17-20,26,28,32,34,44-45H,3-10,12,14-16,21-25,27,29-31,33,35-43,49H2,1-2H3,(H,52,53)(H,54,55)/b13-11+,19-17+,20-18+,28-26+,34-32+/t44-,45+/m1/s1. The number of carbonyl (C=O) groups is 3. The smallest absolute Gasteiger partial charge is 0.472 e. The number of ether oxygens (including phenoxy) is 2. The first kappa shape index (κ1) is 57.2. The third-order valence-electron chi connectivity index (χ3n) is 9.74. The highest BCUT2D eigenvalue weighted by Crippen LogP contribution is 2.43. The zero-order valence-corrected chi connectivity index (χ0v) is 38.4. The average Bonchev–Trinajstić information content (AvgIpc) is 3.22. The summed E-state index contributed by atoms with van der Waals surface area (Å²) in [5.74, 6) is -2.45. The molecule has 0 aliphatic carbocycles. The zero-order chi connectivity index (χ0) is 44.2. The molecular formula is C48H84NO10P. The number of hydrogen-bond donors (Lipinski definition) is 3. The maximum Gasteiger partial charge on any atom is 0.472 e. The van der Waals surface area contributed by atoms with Crippen LogP contribution in [-0.4, -0.2) is 59.9 Å². The number of phosphoric ester groups is 1. The van der Waals surface area contributed by atoms with Crippen molar-refractivity contribution < 1.29 is 47.5 Å². The molecule has 0 saturated heterocycles. The molecule has 4 N–H and O–H groups in total. The van der Waals surface area contributed by atoms with Crippen molar-refractivity contribution in [3.8, 4) is 0 Å². The van der Waals surface area contributed by atoms with Crippen molar-refractivity contribution in [2.24, 2.45) is 5.73 Å². The fraction of sp³-hybridized carbons (Fsp3) is 0.729. The summed E-state index contributed by atoms with van der Waals surface area (Å²) in [5, 5.41) is 8.90. The van der Waals surface area contributed by atoms with Gasteiger partial charge in [0, 0.05) is 12.8 Å². The minimum Gasteiger partial charge on any atom is -0.480 e. The molecular weight excluding hydrogens is 781 g/mol. The molecule has 0 fully saturated rings. The highest BCUT2D eigenvalue weighted by atomic mass is 31.2. The molecule has 0 amide bonds. The number of phosphoric acid groups is 1. The van der Waals surface area contributed by atoms with Crippen molar-refractivity contribution >= 4 is 25.7 Å². The summed E-state index contributed by atoms with van der Waals surface area (Å²) in [5.41, 5.74) is 5.34. The van der Waals surface area contributed by atoms with Crippen LogP contribution in [0.2, 0.25) is 0 Å². The summed E-state index contributed by atoms with van der Waals surface area (Å²) in [4.78, 5) is 46.0. The second kappa shape index (κ2) is 42.9. The van der Waals surface area contributed by atoms with Crippen molar-refractivity contribution in [3.05, 3.63) is 60.8 Å². The van der Waals surface area contributed by atoms with Crippen LogP contribution in [0.4, 0.5) is 0 Å². The average molecular weight is 866 g/mol. The Morgan fingerprint density at radius 3 is 1.40 bits per heavy atom. The Kier molecular flexibility index (Phi) is 40.8. The molecule has 3 atom stereocenters. The van der Waals surface area contributed by atoms with Crippen LogP contribution in [0.3, 0.4) is 0 Å². The zero-order valence-electron chi connectivity index (χ0n) is 37.5. The Bertz CT molecular complexity index is 1250. The molecule has 1 unspecified atom stereocenters. The lowest BCUT2D eigenvalue weighted by molar-refractivity contribution is -0.161. The molecule has 12 heteroatoms. The van der Waals surface area contributed by atoms with Gasteiger partial charge in [0.05, 0.1) is 13.2 Å². The Labute approximate surface area is 364 Å².